The maximum absolute atomic E-state index is 6.05. The minimum absolute atomic E-state index is 0.707. The van der Waals surface area contributed by atoms with E-state index in [4.69, 9.17) is 11.6 Å². The van der Waals surface area contributed by atoms with Crippen molar-refractivity contribution < 1.29 is 0 Å². The standard InChI is InChI=1S/C12H17ClN6/c1-18-10(9(13)7-15-18)8-14-5-4-12-17-16-11-3-2-6-19(11)12/h7,14H,2-6,8H2,1H3. The molecular weight excluding hydrogens is 264 g/mol. The van der Waals surface area contributed by atoms with E-state index in [2.05, 4.69) is 25.2 Å². The van der Waals surface area contributed by atoms with Crippen molar-refractivity contribution in [2.45, 2.75) is 32.4 Å². The molecule has 1 aliphatic heterocycles. The van der Waals surface area contributed by atoms with E-state index in [0.29, 0.717) is 5.02 Å². The fourth-order valence-electron chi connectivity index (χ4n) is 2.44. The lowest BCUT2D eigenvalue weighted by Crippen LogP contribution is -2.20. The van der Waals surface area contributed by atoms with E-state index in [1.54, 1.807) is 10.9 Å². The highest BCUT2D eigenvalue weighted by molar-refractivity contribution is 6.31. The largest absolute Gasteiger partial charge is 0.315 e. The van der Waals surface area contributed by atoms with Crippen LogP contribution in [-0.2, 0) is 33.0 Å². The van der Waals surface area contributed by atoms with Gasteiger partial charge in [-0.05, 0) is 6.42 Å². The first-order valence-corrected chi connectivity index (χ1v) is 6.91. The summed E-state index contributed by atoms with van der Waals surface area (Å²) >= 11 is 6.05. The monoisotopic (exact) mass is 280 g/mol. The minimum Gasteiger partial charge on any atom is -0.315 e. The van der Waals surface area contributed by atoms with Crippen LogP contribution in [0.1, 0.15) is 23.8 Å². The Kier molecular flexibility index (Phi) is 3.52. The molecule has 0 bridgehead atoms. The number of fused-ring (bicyclic) bond motifs is 1. The van der Waals surface area contributed by atoms with Crippen molar-refractivity contribution in [3.05, 3.63) is 28.6 Å². The molecule has 0 fully saturated rings. The van der Waals surface area contributed by atoms with Crippen LogP contribution in [0.5, 0.6) is 0 Å². The van der Waals surface area contributed by atoms with Crippen molar-refractivity contribution in [3.8, 4) is 0 Å². The molecule has 19 heavy (non-hydrogen) atoms. The summed E-state index contributed by atoms with van der Waals surface area (Å²) in [6.45, 7) is 2.64. The van der Waals surface area contributed by atoms with Crippen molar-refractivity contribution in [1.29, 1.82) is 0 Å². The zero-order chi connectivity index (χ0) is 13.2. The molecule has 2 aromatic rings. The van der Waals surface area contributed by atoms with Crippen molar-refractivity contribution >= 4 is 11.6 Å². The van der Waals surface area contributed by atoms with Gasteiger partial charge in [0, 0.05) is 39.5 Å². The summed E-state index contributed by atoms with van der Waals surface area (Å²) in [6.07, 6.45) is 4.81. The van der Waals surface area contributed by atoms with E-state index in [1.165, 1.54) is 6.42 Å². The normalized spacial score (nSPS) is 14.0. The van der Waals surface area contributed by atoms with E-state index in [9.17, 15) is 0 Å². The molecule has 0 saturated carbocycles. The number of aryl methyl sites for hydroxylation is 2. The summed E-state index contributed by atoms with van der Waals surface area (Å²) in [7, 11) is 1.90. The lowest BCUT2D eigenvalue weighted by Gasteiger charge is -2.06. The van der Waals surface area contributed by atoms with Gasteiger partial charge in [0.05, 0.1) is 16.9 Å². The van der Waals surface area contributed by atoms with Gasteiger partial charge in [0.15, 0.2) is 0 Å². The third-order valence-corrected chi connectivity index (χ3v) is 3.83. The fraction of sp³-hybridized carbons (Fsp3) is 0.583. The molecule has 6 nitrogen and oxygen atoms in total. The number of hydrogen-bond acceptors (Lipinski definition) is 4. The van der Waals surface area contributed by atoms with Crippen molar-refractivity contribution in [2.75, 3.05) is 6.54 Å². The summed E-state index contributed by atoms with van der Waals surface area (Å²) in [5.74, 6) is 2.21. The Morgan fingerprint density at radius 2 is 2.32 bits per heavy atom. The topological polar surface area (TPSA) is 60.6 Å². The van der Waals surface area contributed by atoms with Crippen LogP contribution in [0, 0.1) is 0 Å². The highest BCUT2D eigenvalue weighted by atomic mass is 35.5. The van der Waals surface area contributed by atoms with Gasteiger partial charge < -0.3 is 9.88 Å². The zero-order valence-electron chi connectivity index (χ0n) is 10.9. The first-order chi connectivity index (χ1) is 9.25. The van der Waals surface area contributed by atoms with Gasteiger partial charge in [-0.15, -0.1) is 10.2 Å². The van der Waals surface area contributed by atoms with Gasteiger partial charge in [-0.2, -0.15) is 5.10 Å². The van der Waals surface area contributed by atoms with E-state index in [1.807, 2.05) is 7.05 Å². The molecule has 0 spiro atoms. The number of nitrogens with one attached hydrogen (secondary N) is 1. The Morgan fingerprint density at radius 1 is 1.42 bits per heavy atom. The minimum atomic E-state index is 0.707. The van der Waals surface area contributed by atoms with Crippen LogP contribution in [0.4, 0.5) is 0 Å². The number of nitrogens with zero attached hydrogens (tertiary/aromatic N) is 5. The Bertz CT molecular complexity index is 553. The molecule has 102 valence electrons. The highest BCUT2D eigenvalue weighted by Crippen LogP contribution is 2.15. The van der Waals surface area contributed by atoms with Gasteiger partial charge >= 0.3 is 0 Å². The second kappa shape index (κ2) is 5.30. The first-order valence-electron chi connectivity index (χ1n) is 6.54. The molecule has 2 aromatic heterocycles. The van der Waals surface area contributed by atoms with E-state index in [-0.39, 0.29) is 0 Å². The summed E-state index contributed by atoms with van der Waals surface area (Å²) in [5.41, 5.74) is 1.01. The van der Waals surface area contributed by atoms with Gasteiger partial charge in [-0.25, -0.2) is 0 Å². The Labute approximate surface area is 116 Å². The van der Waals surface area contributed by atoms with Gasteiger partial charge in [-0.1, -0.05) is 11.6 Å². The predicted molar refractivity (Wildman–Crippen MR) is 72.0 cm³/mol. The van der Waals surface area contributed by atoms with Gasteiger partial charge in [-0.3, -0.25) is 4.68 Å². The molecular formula is C12H17ClN6. The molecule has 3 heterocycles. The molecule has 0 radical (unpaired) electrons. The quantitative estimate of drug-likeness (QED) is 0.828. The first kappa shape index (κ1) is 12.6. The Morgan fingerprint density at radius 3 is 3.11 bits per heavy atom. The third kappa shape index (κ3) is 2.50. The van der Waals surface area contributed by atoms with E-state index in [0.717, 1.165) is 49.8 Å². The lowest BCUT2D eigenvalue weighted by atomic mass is 10.3. The predicted octanol–water partition coefficient (Wildman–Crippen LogP) is 0.943. The SMILES string of the molecule is Cn1ncc(Cl)c1CNCCc1nnc2n1CCC2. The number of aromatic nitrogens is 5. The average Bonchev–Trinajstić information content (AvgIpc) is 3.06. The van der Waals surface area contributed by atoms with Crippen LogP contribution < -0.4 is 5.32 Å². The maximum atomic E-state index is 6.05. The molecule has 1 N–H and O–H groups in total. The second-order valence-electron chi connectivity index (χ2n) is 4.78. The van der Waals surface area contributed by atoms with Crippen LogP contribution in [0.3, 0.4) is 0 Å². The Hall–Kier alpha value is -1.40. The number of rotatable bonds is 5. The zero-order valence-corrected chi connectivity index (χ0v) is 11.7. The summed E-state index contributed by atoms with van der Waals surface area (Å²) in [6, 6.07) is 0. The molecule has 1 aliphatic rings. The molecule has 0 atom stereocenters. The van der Waals surface area contributed by atoms with Gasteiger partial charge in [0.1, 0.15) is 11.6 Å². The van der Waals surface area contributed by atoms with Crippen LogP contribution in [0.15, 0.2) is 6.20 Å². The average molecular weight is 281 g/mol. The van der Waals surface area contributed by atoms with Gasteiger partial charge in [0.2, 0.25) is 0 Å². The van der Waals surface area contributed by atoms with Crippen LogP contribution in [0.25, 0.3) is 0 Å². The van der Waals surface area contributed by atoms with Crippen LogP contribution >= 0.6 is 11.6 Å². The summed E-state index contributed by atoms with van der Waals surface area (Å²) in [5, 5.41) is 16.6. The lowest BCUT2D eigenvalue weighted by molar-refractivity contribution is 0.602. The van der Waals surface area contributed by atoms with Crippen molar-refractivity contribution in [1.82, 2.24) is 29.9 Å². The van der Waals surface area contributed by atoms with Crippen LogP contribution in [-0.4, -0.2) is 31.1 Å². The smallest absolute Gasteiger partial charge is 0.134 e. The molecule has 0 saturated heterocycles. The van der Waals surface area contributed by atoms with Crippen LogP contribution in [0.2, 0.25) is 5.02 Å². The number of hydrogen-bond donors (Lipinski definition) is 1. The highest BCUT2D eigenvalue weighted by Gasteiger charge is 2.16. The molecule has 0 amide bonds. The van der Waals surface area contributed by atoms with Crippen molar-refractivity contribution in [3.63, 3.8) is 0 Å². The molecule has 3 rings (SSSR count). The summed E-state index contributed by atoms with van der Waals surface area (Å²) in [4.78, 5) is 0. The molecule has 0 unspecified atom stereocenters. The van der Waals surface area contributed by atoms with E-state index >= 15 is 0 Å². The Balaban J connectivity index is 1.51. The second-order valence-corrected chi connectivity index (χ2v) is 5.18. The fourth-order valence-corrected chi connectivity index (χ4v) is 2.67. The number of halogens is 1. The third-order valence-electron chi connectivity index (χ3n) is 3.51. The molecule has 7 heteroatoms. The van der Waals surface area contributed by atoms with Crippen molar-refractivity contribution in [2.24, 2.45) is 7.05 Å². The molecule has 0 aliphatic carbocycles. The molecule has 0 aromatic carbocycles. The van der Waals surface area contributed by atoms with E-state index < -0.39 is 0 Å². The summed E-state index contributed by atoms with van der Waals surface area (Å²) < 4.78 is 4.03. The van der Waals surface area contributed by atoms with Gasteiger partial charge in [0.25, 0.3) is 0 Å². The maximum Gasteiger partial charge on any atom is 0.134 e.